The minimum absolute atomic E-state index is 0.138. The van der Waals surface area contributed by atoms with E-state index < -0.39 is 0 Å². The number of hydrogen-bond donors (Lipinski definition) is 1. The molecule has 1 heterocycles. The predicted molar refractivity (Wildman–Crippen MR) is 53.0 cm³/mol. The number of amides is 2. The van der Waals surface area contributed by atoms with Crippen molar-refractivity contribution >= 4 is 6.03 Å². The van der Waals surface area contributed by atoms with E-state index in [1.165, 1.54) is 0 Å². The Morgan fingerprint density at radius 1 is 1.29 bits per heavy atom. The fourth-order valence-corrected chi connectivity index (χ4v) is 1.90. The molecule has 1 saturated carbocycles. The van der Waals surface area contributed by atoms with E-state index in [1.807, 2.05) is 16.8 Å². The Hall–Kier alpha value is -0.770. The molecule has 0 aromatic rings. The summed E-state index contributed by atoms with van der Waals surface area (Å²) in [6, 6.07) is 0.619. The number of likely N-dealkylation sites (tertiary alicyclic amines) is 1. The van der Waals surface area contributed by atoms with E-state index in [-0.39, 0.29) is 12.1 Å². The monoisotopic (exact) mass is 198 g/mol. The fourth-order valence-electron chi connectivity index (χ4n) is 1.90. The Morgan fingerprint density at radius 2 is 1.86 bits per heavy atom. The number of carbonyl (C=O) groups excluding carboxylic acids is 1. The number of piperidine rings is 1. The first-order chi connectivity index (χ1) is 6.68. The van der Waals surface area contributed by atoms with Crippen molar-refractivity contribution in [2.75, 3.05) is 20.1 Å². The van der Waals surface area contributed by atoms with Gasteiger partial charge in [0.1, 0.15) is 0 Å². The van der Waals surface area contributed by atoms with Crippen LogP contribution in [0.4, 0.5) is 4.79 Å². The van der Waals surface area contributed by atoms with E-state index in [4.69, 9.17) is 0 Å². The predicted octanol–water partition coefficient (Wildman–Crippen LogP) is 0.657. The first-order valence-electron chi connectivity index (χ1n) is 5.38. The molecule has 4 heteroatoms. The second-order valence-corrected chi connectivity index (χ2v) is 4.34. The largest absolute Gasteiger partial charge is 0.393 e. The number of hydrogen-bond acceptors (Lipinski definition) is 2. The molecule has 0 aromatic carbocycles. The van der Waals surface area contributed by atoms with Gasteiger partial charge in [0.15, 0.2) is 0 Å². The van der Waals surface area contributed by atoms with Gasteiger partial charge in [0.25, 0.3) is 0 Å². The second kappa shape index (κ2) is 3.77. The molecule has 14 heavy (non-hydrogen) atoms. The lowest BCUT2D eigenvalue weighted by Gasteiger charge is -2.33. The molecule has 2 rings (SSSR count). The van der Waals surface area contributed by atoms with Crippen molar-refractivity contribution in [2.45, 2.75) is 37.8 Å². The molecule has 2 amide bonds. The first kappa shape index (κ1) is 9.77. The summed E-state index contributed by atoms with van der Waals surface area (Å²) in [6.07, 6.45) is 3.55. The van der Waals surface area contributed by atoms with Gasteiger partial charge in [-0.05, 0) is 25.7 Å². The maximum Gasteiger partial charge on any atom is 0.319 e. The van der Waals surface area contributed by atoms with E-state index in [0.717, 1.165) is 25.7 Å². The van der Waals surface area contributed by atoms with Crippen molar-refractivity contribution in [3.63, 3.8) is 0 Å². The summed E-state index contributed by atoms with van der Waals surface area (Å²) < 4.78 is 0. The van der Waals surface area contributed by atoms with Gasteiger partial charge in [0.05, 0.1) is 6.10 Å². The molecule has 1 N–H and O–H groups in total. The molecule has 4 nitrogen and oxygen atoms in total. The molecule has 0 aromatic heterocycles. The second-order valence-electron chi connectivity index (χ2n) is 4.34. The van der Waals surface area contributed by atoms with Crippen molar-refractivity contribution < 1.29 is 9.90 Å². The van der Waals surface area contributed by atoms with Crippen molar-refractivity contribution in [3.05, 3.63) is 0 Å². The quantitative estimate of drug-likeness (QED) is 0.672. The van der Waals surface area contributed by atoms with E-state index in [1.54, 1.807) is 0 Å². The highest BCUT2D eigenvalue weighted by Gasteiger charge is 2.33. The maximum atomic E-state index is 11.9. The van der Waals surface area contributed by atoms with Gasteiger partial charge < -0.3 is 14.9 Å². The van der Waals surface area contributed by atoms with Crippen molar-refractivity contribution in [1.82, 2.24) is 9.80 Å². The Morgan fingerprint density at radius 3 is 2.36 bits per heavy atom. The van der Waals surface area contributed by atoms with Crippen LogP contribution in [-0.2, 0) is 0 Å². The van der Waals surface area contributed by atoms with Crippen LogP contribution in [0.3, 0.4) is 0 Å². The van der Waals surface area contributed by atoms with Crippen molar-refractivity contribution in [2.24, 2.45) is 0 Å². The summed E-state index contributed by atoms with van der Waals surface area (Å²) in [5.74, 6) is 0. The first-order valence-corrected chi connectivity index (χ1v) is 5.38. The number of rotatable bonds is 1. The van der Waals surface area contributed by atoms with Crippen LogP contribution >= 0.6 is 0 Å². The number of aliphatic hydroxyl groups excluding tert-OH is 1. The average molecular weight is 198 g/mol. The van der Waals surface area contributed by atoms with Gasteiger partial charge in [-0.2, -0.15) is 0 Å². The molecule has 2 aliphatic rings. The van der Waals surface area contributed by atoms with E-state index >= 15 is 0 Å². The number of aliphatic hydroxyl groups is 1. The molecule has 1 aliphatic carbocycles. The fraction of sp³-hybridized carbons (Fsp3) is 0.900. The normalized spacial score (nSPS) is 23.7. The van der Waals surface area contributed by atoms with Crippen LogP contribution in [0.1, 0.15) is 25.7 Å². The minimum atomic E-state index is -0.203. The summed E-state index contributed by atoms with van der Waals surface area (Å²) in [6.45, 7) is 1.41. The lowest BCUT2D eigenvalue weighted by atomic mass is 10.1. The van der Waals surface area contributed by atoms with Gasteiger partial charge in [-0.1, -0.05) is 0 Å². The third kappa shape index (κ3) is 2.00. The number of urea groups is 1. The van der Waals surface area contributed by atoms with Crippen LogP contribution in [0.15, 0.2) is 0 Å². The summed E-state index contributed by atoms with van der Waals surface area (Å²) in [5, 5.41) is 9.32. The van der Waals surface area contributed by atoms with E-state index in [9.17, 15) is 9.90 Å². The van der Waals surface area contributed by atoms with Crippen LogP contribution in [0.25, 0.3) is 0 Å². The van der Waals surface area contributed by atoms with Crippen LogP contribution in [0, 0.1) is 0 Å². The maximum absolute atomic E-state index is 11.9. The molecule has 0 spiro atoms. The zero-order chi connectivity index (χ0) is 10.1. The Balaban J connectivity index is 1.84. The van der Waals surface area contributed by atoms with Gasteiger partial charge in [0.2, 0.25) is 0 Å². The number of nitrogens with zero attached hydrogens (tertiary/aromatic N) is 2. The molecule has 0 radical (unpaired) electrons. The highest BCUT2D eigenvalue weighted by molar-refractivity contribution is 5.75. The summed E-state index contributed by atoms with van der Waals surface area (Å²) >= 11 is 0. The van der Waals surface area contributed by atoms with Gasteiger partial charge in [0, 0.05) is 26.2 Å². The van der Waals surface area contributed by atoms with Crippen LogP contribution in [-0.4, -0.2) is 53.2 Å². The van der Waals surface area contributed by atoms with Gasteiger partial charge in [-0.15, -0.1) is 0 Å². The average Bonchev–Trinajstić information content (AvgIpc) is 3.00. The zero-order valence-corrected chi connectivity index (χ0v) is 8.65. The summed E-state index contributed by atoms with van der Waals surface area (Å²) in [7, 11) is 1.88. The molecule has 80 valence electrons. The van der Waals surface area contributed by atoms with Crippen LogP contribution in [0.5, 0.6) is 0 Å². The Kier molecular flexibility index (Phi) is 2.63. The lowest BCUT2D eigenvalue weighted by molar-refractivity contribution is 0.0834. The smallest absolute Gasteiger partial charge is 0.319 e. The number of carbonyl (C=O) groups is 1. The topological polar surface area (TPSA) is 43.8 Å². The third-order valence-corrected chi connectivity index (χ3v) is 3.13. The highest BCUT2D eigenvalue weighted by atomic mass is 16.3. The Bertz CT molecular complexity index is 220. The van der Waals surface area contributed by atoms with Gasteiger partial charge >= 0.3 is 6.03 Å². The van der Waals surface area contributed by atoms with Crippen LogP contribution < -0.4 is 0 Å². The standard InChI is InChI=1S/C10H18N2O2/c1-11(8-2-3-8)10(14)12-6-4-9(13)5-7-12/h8-9,13H,2-7H2,1H3. The highest BCUT2D eigenvalue weighted by Crippen LogP contribution is 2.26. The molecule has 0 bridgehead atoms. The third-order valence-electron chi connectivity index (χ3n) is 3.13. The minimum Gasteiger partial charge on any atom is -0.393 e. The van der Waals surface area contributed by atoms with Crippen molar-refractivity contribution in [3.8, 4) is 0 Å². The lowest BCUT2D eigenvalue weighted by Crippen LogP contribution is -2.46. The van der Waals surface area contributed by atoms with Crippen molar-refractivity contribution in [1.29, 1.82) is 0 Å². The summed E-state index contributed by atoms with van der Waals surface area (Å²) in [5.41, 5.74) is 0. The molecule has 1 aliphatic heterocycles. The van der Waals surface area contributed by atoms with Gasteiger partial charge in [-0.3, -0.25) is 0 Å². The van der Waals surface area contributed by atoms with Crippen LogP contribution in [0.2, 0.25) is 0 Å². The van der Waals surface area contributed by atoms with E-state index in [2.05, 4.69) is 0 Å². The Labute approximate surface area is 84.5 Å². The molecule has 0 atom stereocenters. The van der Waals surface area contributed by atoms with Gasteiger partial charge in [-0.25, -0.2) is 4.79 Å². The zero-order valence-electron chi connectivity index (χ0n) is 8.65. The molecular formula is C10H18N2O2. The molecule has 2 fully saturated rings. The molecular weight excluding hydrogens is 180 g/mol. The van der Waals surface area contributed by atoms with E-state index in [0.29, 0.717) is 19.1 Å². The SMILES string of the molecule is CN(C(=O)N1CCC(O)CC1)C1CC1. The summed E-state index contributed by atoms with van der Waals surface area (Å²) in [4.78, 5) is 15.6. The molecule has 0 unspecified atom stereocenters. The molecule has 1 saturated heterocycles.